The molecule has 0 aromatic carbocycles. The minimum absolute atomic E-state index is 0.210. The van der Waals surface area contributed by atoms with E-state index >= 15 is 0 Å². The van der Waals surface area contributed by atoms with Gasteiger partial charge in [0.2, 0.25) is 0 Å². The fraction of sp³-hybridized carbons (Fsp3) is 1.00. The molecule has 0 bridgehead atoms. The molecule has 0 aromatic heterocycles. The van der Waals surface area contributed by atoms with Gasteiger partial charge >= 0.3 is 0 Å². The molecule has 0 unspecified atom stereocenters. The Bertz CT molecular complexity index is 61.6. The van der Waals surface area contributed by atoms with E-state index in [2.05, 4.69) is 0 Å². The molecule has 0 aliphatic heterocycles. The topological polar surface area (TPSA) is 9.23 Å². The van der Waals surface area contributed by atoms with Gasteiger partial charge in [-0.05, 0) is 0 Å². The SMILES string of the molecule is ClC[C@@H](Cl)O[C@H](Cl)CCl. The molecule has 0 saturated carbocycles. The minimum Gasteiger partial charge on any atom is -0.341 e. The van der Waals surface area contributed by atoms with Gasteiger partial charge in [-0.2, -0.15) is 0 Å². The molecular weight excluding hydrogens is 206 g/mol. The molecule has 9 heavy (non-hydrogen) atoms. The van der Waals surface area contributed by atoms with Crippen LogP contribution in [0.2, 0.25) is 0 Å². The van der Waals surface area contributed by atoms with Gasteiger partial charge in [0.1, 0.15) is 11.1 Å². The number of ether oxygens (including phenoxy) is 1. The van der Waals surface area contributed by atoms with Crippen molar-refractivity contribution in [3.05, 3.63) is 0 Å². The fourth-order valence-corrected chi connectivity index (χ4v) is 0.679. The third-order valence-corrected chi connectivity index (χ3v) is 1.93. The predicted molar refractivity (Wildman–Crippen MR) is 41.8 cm³/mol. The van der Waals surface area contributed by atoms with Crippen LogP contribution in [0.1, 0.15) is 0 Å². The molecule has 0 aliphatic carbocycles. The standard InChI is InChI=1S/C4H6Cl4O/c5-1-3(7)9-4(8)2-6/h3-4H,1-2H2/t3-,4-/m0/s1. The second-order valence-electron chi connectivity index (χ2n) is 1.26. The Morgan fingerprint density at radius 3 is 1.56 bits per heavy atom. The van der Waals surface area contributed by atoms with Gasteiger partial charge in [0, 0.05) is 0 Å². The molecule has 0 aliphatic rings. The summed E-state index contributed by atoms with van der Waals surface area (Å²) in [7, 11) is 0. The third kappa shape index (κ3) is 5.56. The van der Waals surface area contributed by atoms with E-state index in [0.717, 1.165) is 0 Å². The van der Waals surface area contributed by atoms with Crippen molar-refractivity contribution in [1.82, 2.24) is 0 Å². The summed E-state index contributed by atoms with van der Waals surface area (Å²) in [6, 6.07) is 0. The van der Waals surface area contributed by atoms with Crippen molar-refractivity contribution >= 4 is 46.4 Å². The average molecular weight is 212 g/mol. The van der Waals surface area contributed by atoms with Crippen LogP contribution in [0.3, 0.4) is 0 Å². The summed E-state index contributed by atoms with van der Waals surface area (Å²) in [6.45, 7) is 0. The minimum atomic E-state index is -0.548. The number of rotatable bonds is 4. The highest BCUT2D eigenvalue weighted by Gasteiger charge is 2.08. The molecule has 0 spiro atoms. The van der Waals surface area contributed by atoms with E-state index < -0.39 is 11.1 Å². The van der Waals surface area contributed by atoms with Crippen LogP contribution in [-0.2, 0) is 4.74 Å². The number of hydrogen-bond acceptors (Lipinski definition) is 1. The van der Waals surface area contributed by atoms with Gasteiger partial charge in [0.15, 0.2) is 0 Å². The summed E-state index contributed by atoms with van der Waals surface area (Å²) in [5.74, 6) is 0.420. The van der Waals surface area contributed by atoms with E-state index in [1.54, 1.807) is 0 Å². The Morgan fingerprint density at radius 2 is 1.33 bits per heavy atom. The Kier molecular flexibility index (Phi) is 6.60. The number of hydrogen-bond donors (Lipinski definition) is 0. The molecule has 0 fully saturated rings. The summed E-state index contributed by atoms with van der Waals surface area (Å²) in [5.41, 5.74) is -1.10. The number of halogens is 4. The van der Waals surface area contributed by atoms with E-state index in [4.69, 9.17) is 51.1 Å². The molecule has 2 atom stereocenters. The van der Waals surface area contributed by atoms with Gasteiger partial charge in [-0.25, -0.2) is 0 Å². The Balaban J connectivity index is 3.22. The maximum atomic E-state index is 5.44. The van der Waals surface area contributed by atoms with Crippen LogP contribution in [0.5, 0.6) is 0 Å². The maximum absolute atomic E-state index is 5.44. The summed E-state index contributed by atoms with van der Waals surface area (Å²) < 4.78 is 4.82. The van der Waals surface area contributed by atoms with Gasteiger partial charge in [-0.15, -0.1) is 23.2 Å². The number of alkyl halides is 4. The molecular formula is C4H6Cl4O. The van der Waals surface area contributed by atoms with Crippen LogP contribution in [0.15, 0.2) is 0 Å². The Labute approximate surface area is 74.2 Å². The Hall–Kier alpha value is 1.12. The predicted octanol–water partition coefficient (Wildman–Crippen LogP) is 2.61. The van der Waals surface area contributed by atoms with E-state index in [9.17, 15) is 0 Å². The lowest BCUT2D eigenvalue weighted by atomic mass is 10.8. The molecule has 5 heteroatoms. The van der Waals surface area contributed by atoms with E-state index in [1.807, 2.05) is 0 Å². The molecule has 0 heterocycles. The van der Waals surface area contributed by atoms with Gasteiger partial charge in [-0.3, -0.25) is 0 Å². The van der Waals surface area contributed by atoms with Crippen molar-refractivity contribution in [3.63, 3.8) is 0 Å². The zero-order valence-corrected chi connectivity index (χ0v) is 7.51. The first-order valence-corrected chi connectivity index (χ1v) is 4.20. The van der Waals surface area contributed by atoms with Gasteiger partial charge in [0.25, 0.3) is 0 Å². The summed E-state index contributed by atoms with van der Waals surface area (Å²) in [4.78, 5) is 0. The lowest BCUT2D eigenvalue weighted by Crippen LogP contribution is -2.15. The second-order valence-corrected chi connectivity index (χ2v) is 2.86. The van der Waals surface area contributed by atoms with Gasteiger partial charge in [0.05, 0.1) is 11.8 Å². The monoisotopic (exact) mass is 210 g/mol. The highest BCUT2D eigenvalue weighted by atomic mass is 35.5. The van der Waals surface area contributed by atoms with Crippen molar-refractivity contribution in [1.29, 1.82) is 0 Å². The highest BCUT2D eigenvalue weighted by molar-refractivity contribution is 6.29. The van der Waals surface area contributed by atoms with Crippen LogP contribution in [0, 0.1) is 0 Å². The van der Waals surface area contributed by atoms with Crippen molar-refractivity contribution in [2.75, 3.05) is 11.8 Å². The van der Waals surface area contributed by atoms with Crippen molar-refractivity contribution in [2.24, 2.45) is 0 Å². The maximum Gasteiger partial charge on any atom is 0.146 e. The fourth-order valence-electron chi connectivity index (χ4n) is 0.233. The highest BCUT2D eigenvalue weighted by Crippen LogP contribution is 2.09. The van der Waals surface area contributed by atoms with Crippen molar-refractivity contribution in [3.8, 4) is 0 Å². The second kappa shape index (κ2) is 5.87. The van der Waals surface area contributed by atoms with Gasteiger partial charge < -0.3 is 4.74 Å². The first kappa shape index (κ1) is 10.1. The van der Waals surface area contributed by atoms with Crippen LogP contribution in [-0.4, -0.2) is 22.9 Å². The largest absolute Gasteiger partial charge is 0.341 e. The van der Waals surface area contributed by atoms with E-state index in [1.165, 1.54) is 0 Å². The van der Waals surface area contributed by atoms with Crippen LogP contribution < -0.4 is 0 Å². The molecule has 0 saturated heterocycles. The van der Waals surface area contributed by atoms with E-state index in [0.29, 0.717) is 0 Å². The average Bonchev–Trinajstić information content (AvgIpc) is 1.87. The van der Waals surface area contributed by atoms with Crippen LogP contribution >= 0.6 is 46.4 Å². The molecule has 0 amide bonds. The van der Waals surface area contributed by atoms with Crippen LogP contribution in [0.4, 0.5) is 0 Å². The molecule has 0 rings (SSSR count). The quantitative estimate of drug-likeness (QED) is 0.650. The lowest BCUT2D eigenvalue weighted by Gasteiger charge is -2.10. The zero-order valence-electron chi connectivity index (χ0n) is 4.49. The normalized spacial score (nSPS) is 17.3. The summed E-state index contributed by atoms with van der Waals surface area (Å²) in [6.07, 6.45) is 0. The summed E-state index contributed by atoms with van der Waals surface area (Å²) in [5, 5.41) is 0. The zero-order chi connectivity index (χ0) is 7.28. The smallest absolute Gasteiger partial charge is 0.146 e. The first-order valence-electron chi connectivity index (χ1n) is 2.26. The van der Waals surface area contributed by atoms with Crippen molar-refractivity contribution < 1.29 is 4.74 Å². The van der Waals surface area contributed by atoms with Crippen LogP contribution in [0.25, 0.3) is 0 Å². The molecule has 1 nitrogen and oxygen atoms in total. The third-order valence-electron chi connectivity index (χ3n) is 0.538. The Morgan fingerprint density at radius 1 is 1.00 bits per heavy atom. The van der Waals surface area contributed by atoms with E-state index in [-0.39, 0.29) is 11.8 Å². The molecule has 0 N–H and O–H groups in total. The molecule has 56 valence electrons. The summed E-state index contributed by atoms with van der Waals surface area (Å²) >= 11 is 21.5. The van der Waals surface area contributed by atoms with Gasteiger partial charge in [-0.1, -0.05) is 23.2 Å². The molecule has 0 aromatic rings. The molecule has 0 radical (unpaired) electrons. The van der Waals surface area contributed by atoms with Crippen molar-refractivity contribution in [2.45, 2.75) is 11.1 Å². The first-order chi connectivity index (χ1) is 4.20. The lowest BCUT2D eigenvalue weighted by molar-refractivity contribution is 0.108.